The van der Waals surface area contributed by atoms with E-state index < -0.39 is 6.10 Å². The van der Waals surface area contributed by atoms with E-state index in [1.807, 2.05) is 0 Å². The highest BCUT2D eigenvalue weighted by Crippen LogP contribution is 2.18. The van der Waals surface area contributed by atoms with Crippen molar-refractivity contribution in [3.63, 3.8) is 0 Å². The predicted molar refractivity (Wildman–Crippen MR) is 362 cm³/mol. The van der Waals surface area contributed by atoms with Crippen LogP contribution in [0.1, 0.15) is 367 Å². The van der Waals surface area contributed by atoms with Gasteiger partial charge in [0.1, 0.15) is 13.2 Å². The standard InChI is InChI=1S/C77H136O6/c1-4-7-10-13-16-19-22-25-28-31-33-35-36-37-38-39-40-42-43-46-49-52-55-58-61-64-67-70-76(79)82-73-74(72-81-75(78)69-66-63-60-57-54-51-48-45-30-27-24-21-18-15-12-9-6-3)83-77(80)71-68-65-62-59-56-53-50-47-44-41-34-32-29-26-23-20-17-14-11-8-5-2/h8,11,17,20,26,29,31,33-34,41,47,50,56,59,74H,4-7,9-10,12-16,18-19,21-25,27-28,30,32,35-40,42-46,48-49,51-55,57-58,60-73H2,1-3H3/b11-8-,20-17-,29-26-,33-31-,41-34-,50-47-,59-56-. The second kappa shape index (κ2) is 71.1. The Morgan fingerprint density at radius 1 is 0.253 bits per heavy atom. The largest absolute Gasteiger partial charge is 0.462 e. The van der Waals surface area contributed by atoms with Crippen molar-refractivity contribution in [1.29, 1.82) is 0 Å². The molecule has 0 radical (unpaired) electrons. The van der Waals surface area contributed by atoms with Crippen LogP contribution in [0, 0.1) is 0 Å². The topological polar surface area (TPSA) is 78.9 Å². The summed E-state index contributed by atoms with van der Waals surface area (Å²) in [6.07, 6.45) is 94.7. The summed E-state index contributed by atoms with van der Waals surface area (Å²) in [6, 6.07) is 0. The average molecular weight is 1160 g/mol. The molecular weight excluding hydrogens is 1020 g/mol. The molecule has 0 amide bonds. The van der Waals surface area contributed by atoms with Gasteiger partial charge < -0.3 is 14.2 Å². The molecule has 83 heavy (non-hydrogen) atoms. The molecule has 480 valence electrons. The maximum absolute atomic E-state index is 12.9. The van der Waals surface area contributed by atoms with Gasteiger partial charge in [-0.2, -0.15) is 0 Å². The fourth-order valence-electron chi connectivity index (χ4n) is 10.5. The van der Waals surface area contributed by atoms with E-state index in [0.29, 0.717) is 19.3 Å². The lowest BCUT2D eigenvalue weighted by Gasteiger charge is -2.18. The number of allylic oxidation sites excluding steroid dienone is 14. The highest BCUT2D eigenvalue weighted by Gasteiger charge is 2.19. The molecule has 0 aliphatic heterocycles. The van der Waals surface area contributed by atoms with Crippen molar-refractivity contribution in [3.05, 3.63) is 85.1 Å². The third-order valence-electron chi connectivity index (χ3n) is 15.9. The maximum Gasteiger partial charge on any atom is 0.306 e. The van der Waals surface area contributed by atoms with E-state index in [9.17, 15) is 14.4 Å². The summed E-state index contributed by atoms with van der Waals surface area (Å²) in [6.45, 7) is 6.55. The highest BCUT2D eigenvalue weighted by molar-refractivity contribution is 5.71. The van der Waals surface area contributed by atoms with Gasteiger partial charge in [-0.05, 0) is 96.3 Å². The first kappa shape index (κ1) is 79.6. The van der Waals surface area contributed by atoms with Crippen LogP contribution in [0.4, 0.5) is 0 Å². The molecule has 0 aromatic heterocycles. The monoisotopic (exact) mass is 1160 g/mol. The number of rotatable bonds is 66. The lowest BCUT2D eigenvalue weighted by molar-refractivity contribution is -0.167. The molecule has 0 rings (SSSR count). The Labute approximate surface area is 515 Å². The van der Waals surface area contributed by atoms with Crippen LogP contribution in [0.2, 0.25) is 0 Å². The normalized spacial score (nSPS) is 12.6. The van der Waals surface area contributed by atoms with E-state index in [1.54, 1.807) is 0 Å². The van der Waals surface area contributed by atoms with Gasteiger partial charge in [-0.1, -0.05) is 337 Å². The molecule has 0 spiro atoms. The minimum Gasteiger partial charge on any atom is -0.462 e. The van der Waals surface area contributed by atoms with Crippen molar-refractivity contribution in [2.75, 3.05) is 13.2 Å². The molecular formula is C77H136O6. The lowest BCUT2D eigenvalue weighted by atomic mass is 10.0. The average Bonchev–Trinajstić information content (AvgIpc) is 3.50. The minimum atomic E-state index is -0.800. The van der Waals surface area contributed by atoms with Crippen LogP contribution in [0.25, 0.3) is 0 Å². The molecule has 0 aromatic rings. The molecule has 0 aromatic carbocycles. The van der Waals surface area contributed by atoms with Gasteiger partial charge in [0.15, 0.2) is 6.10 Å². The van der Waals surface area contributed by atoms with E-state index >= 15 is 0 Å². The van der Waals surface area contributed by atoms with Crippen LogP contribution in [-0.2, 0) is 28.6 Å². The van der Waals surface area contributed by atoms with Gasteiger partial charge in [-0.25, -0.2) is 0 Å². The minimum absolute atomic E-state index is 0.0902. The second-order valence-corrected chi connectivity index (χ2v) is 24.1. The summed E-state index contributed by atoms with van der Waals surface area (Å²) in [5.74, 6) is -0.912. The second-order valence-electron chi connectivity index (χ2n) is 24.1. The van der Waals surface area contributed by atoms with Crippen LogP contribution in [0.3, 0.4) is 0 Å². The third kappa shape index (κ3) is 69.3. The van der Waals surface area contributed by atoms with E-state index in [1.165, 1.54) is 231 Å². The molecule has 6 heteroatoms. The van der Waals surface area contributed by atoms with Gasteiger partial charge in [-0.3, -0.25) is 14.4 Å². The van der Waals surface area contributed by atoms with Gasteiger partial charge in [0, 0.05) is 19.3 Å². The first-order chi connectivity index (χ1) is 41.0. The summed E-state index contributed by atoms with van der Waals surface area (Å²) in [5.41, 5.74) is 0. The molecule has 1 unspecified atom stereocenters. The Bertz CT molecular complexity index is 1570. The van der Waals surface area contributed by atoms with E-state index in [2.05, 4.69) is 106 Å². The van der Waals surface area contributed by atoms with Crippen molar-refractivity contribution < 1.29 is 28.6 Å². The molecule has 0 heterocycles. The molecule has 6 nitrogen and oxygen atoms in total. The fraction of sp³-hybridized carbons (Fsp3) is 0.779. The number of esters is 3. The smallest absolute Gasteiger partial charge is 0.306 e. The molecule has 0 N–H and O–H groups in total. The highest BCUT2D eigenvalue weighted by atomic mass is 16.6. The Balaban J connectivity index is 4.36. The fourth-order valence-corrected chi connectivity index (χ4v) is 10.5. The molecule has 0 bridgehead atoms. The SMILES string of the molecule is CC/C=C\C/C=C\C/C=C\C/C=C\C/C=C\C/C=C\CCCCC(=O)OC(COC(=O)CCCCCCCCCCCCCCCCC/C=C\CCCCCCCCCC)COC(=O)CCCCCCCCCCCCCCCCCCC. The van der Waals surface area contributed by atoms with Crippen molar-refractivity contribution in [3.8, 4) is 0 Å². The molecule has 0 saturated carbocycles. The van der Waals surface area contributed by atoms with Gasteiger partial charge >= 0.3 is 17.9 Å². The van der Waals surface area contributed by atoms with Crippen LogP contribution in [-0.4, -0.2) is 37.2 Å². The first-order valence-electron chi connectivity index (χ1n) is 36.1. The summed E-state index contributed by atoms with van der Waals surface area (Å²) >= 11 is 0. The predicted octanol–water partition coefficient (Wildman–Crippen LogP) is 25.0. The van der Waals surface area contributed by atoms with Gasteiger partial charge in [0.2, 0.25) is 0 Å². The van der Waals surface area contributed by atoms with Crippen LogP contribution >= 0.6 is 0 Å². The van der Waals surface area contributed by atoms with E-state index in [0.717, 1.165) is 89.9 Å². The van der Waals surface area contributed by atoms with Crippen LogP contribution < -0.4 is 0 Å². The van der Waals surface area contributed by atoms with Crippen molar-refractivity contribution in [2.24, 2.45) is 0 Å². The van der Waals surface area contributed by atoms with Crippen molar-refractivity contribution in [1.82, 2.24) is 0 Å². The number of carbonyl (C=O) groups is 3. The third-order valence-corrected chi connectivity index (χ3v) is 15.9. The number of carbonyl (C=O) groups excluding carboxylic acids is 3. The molecule has 0 aliphatic rings. The zero-order valence-corrected chi connectivity index (χ0v) is 55.2. The lowest BCUT2D eigenvalue weighted by Crippen LogP contribution is -2.30. The first-order valence-corrected chi connectivity index (χ1v) is 36.1. The summed E-state index contributed by atoms with van der Waals surface area (Å²) < 4.78 is 17.0. The zero-order valence-electron chi connectivity index (χ0n) is 55.2. The van der Waals surface area contributed by atoms with Crippen LogP contribution in [0.15, 0.2) is 85.1 Å². The van der Waals surface area contributed by atoms with Gasteiger partial charge in [-0.15, -0.1) is 0 Å². The Hall–Kier alpha value is -3.41. The maximum atomic E-state index is 12.9. The Morgan fingerprint density at radius 2 is 0.470 bits per heavy atom. The number of unbranched alkanes of at least 4 members (excludes halogenated alkanes) is 41. The number of hydrogen-bond donors (Lipinski definition) is 0. The summed E-state index contributed by atoms with van der Waals surface area (Å²) in [5, 5.41) is 0. The van der Waals surface area contributed by atoms with Crippen molar-refractivity contribution in [2.45, 2.75) is 374 Å². The van der Waals surface area contributed by atoms with Crippen LogP contribution in [0.5, 0.6) is 0 Å². The Kier molecular flexibility index (Phi) is 68.2. The van der Waals surface area contributed by atoms with E-state index in [-0.39, 0.29) is 37.5 Å². The summed E-state index contributed by atoms with van der Waals surface area (Å²) in [7, 11) is 0. The number of hydrogen-bond acceptors (Lipinski definition) is 6. The quantitative estimate of drug-likeness (QED) is 0.0261. The number of ether oxygens (including phenoxy) is 3. The van der Waals surface area contributed by atoms with E-state index in [4.69, 9.17) is 14.2 Å². The van der Waals surface area contributed by atoms with Gasteiger partial charge in [0.05, 0.1) is 0 Å². The molecule has 0 saturated heterocycles. The Morgan fingerprint density at radius 3 is 0.771 bits per heavy atom. The summed E-state index contributed by atoms with van der Waals surface area (Å²) in [4.78, 5) is 38.5. The van der Waals surface area contributed by atoms with Gasteiger partial charge in [0.25, 0.3) is 0 Å². The molecule has 1 atom stereocenters. The van der Waals surface area contributed by atoms with Crippen molar-refractivity contribution >= 4 is 17.9 Å². The molecule has 0 fully saturated rings. The molecule has 0 aliphatic carbocycles. The zero-order chi connectivity index (χ0) is 59.9.